The van der Waals surface area contributed by atoms with Crippen molar-refractivity contribution >= 4 is 11.6 Å². The molecule has 1 aromatic carbocycles. The minimum absolute atomic E-state index is 0.0945. The normalized spacial score (nSPS) is 12.2. The summed E-state index contributed by atoms with van der Waals surface area (Å²) in [6, 6.07) is 7.11. The fourth-order valence-electron chi connectivity index (χ4n) is 1.60. The van der Waals surface area contributed by atoms with E-state index >= 15 is 0 Å². The second-order valence-electron chi connectivity index (χ2n) is 4.37. The Morgan fingerprint density at radius 3 is 2.84 bits per heavy atom. The fourth-order valence-corrected chi connectivity index (χ4v) is 1.60. The molecule has 1 rings (SSSR count). The SMILES string of the molecule is CNC(=O)CN(C)CC(O)COc1ccccc1N. The predicted molar refractivity (Wildman–Crippen MR) is 73.9 cm³/mol. The number of aliphatic hydroxyl groups is 1. The van der Waals surface area contributed by atoms with Gasteiger partial charge in [-0.05, 0) is 19.2 Å². The molecule has 1 atom stereocenters. The summed E-state index contributed by atoms with van der Waals surface area (Å²) in [4.78, 5) is 12.9. The first kappa shape index (κ1) is 15.3. The molecule has 6 heteroatoms. The van der Waals surface area contributed by atoms with Gasteiger partial charge >= 0.3 is 0 Å². The molecule has 6 nitrogen and oxygen atoms in total. The van der Waals surface area contributed by atoms with Gasteiger partial charge in [-0.25, -0.2) is 0 Å². The maximum atomic E-state index is 11.1. The molecule has 1 aromatic rings. The van der Waals surface area contributed by atoms with Gasteiger partial charge in [0.2, 0.25) is 5.91 Å². The lowest BCUT2D eigenvalue weighted by atomic mass is 10.3. The van der Waals surface area contributed by atoms with Gasteiger partial charge in [-0.3, -0.25) is 9.69 Å². The summed E-state index contributed by atoms with van der Waals surface area (Å²) in [6.07, 6.45) is -0.686. The number of benzene rings is 1. The largest absolute Gasteiger partial charge is 0.489 e. The lowest BCUT2D eigenvalue weighted by molar-refractivity contribution is -0.121. The third kappa shape index (κ3) is 5.58. The van der Waals surface area contributed by atoms with Crippen LogP contribution in [0, 0.1) is 0 Å². The number of anilines is 1. The zero-order chi connectivity index (χ0) is 14.3. The summed E-state index contributed by atoms with van der Waals surface area (Å²) in [5.41, 5.74) is 6.26. The first-order valence-electron chi connectivity index (χ1n) is 6.07. The molecule has 0 aliphatic heterocycles. The highest BCUT2D eigenvalue weighted by atomic mass is 16.5. The number of hydrogen-bond donors (Lipinski definition) is 3. The second kappa shape index (κ2) is 7.60. The average molecular weight is 267 g/mol. The topological polar surface area (TPSA) is 87.8 Å². The van der Waals surface area contributed by atoms with Crippen molar-refractivity contribution in [1.29, 1.82) is 0 Å². The van der Waals surface area contributed by atoms with Gasteiger partial charge in [-0.1, -0.05) is 12.1 Å². The number of rotatable bonds is 7. The number of hydrogen-bond acceptors (Lipinski definition) is 5. The zero-order valence-electron chi connectivity index (χ0n) is 11.3. The van der Waals surface area contributed by atoms with Crippen LogP contribution in [0.25, 0.3) is 0 Å². The van der Waals surface area contributed by atoms with Crippen molar-refractivity contribution in [3.63, 3.8) is 0 Å². The number of carbonyl (C=O) groups excluding carboxylic acids is 1. The Morgan fingerprint density at radius 1 is 1.53 bits per heavy atom. The maximum Gasteiger partial charge on any atom is 0.233 e. The van der Waals surface area contributed by atoms with Gasteiger partial charge < -0.3 is 20.9 Å². The maximum absolute atomic E-state index is 11.1. The summed E-state index contributed by atoms with van der Waals surface area (Å²) < 4.78 is 5.43. The molecule has 0 spiro atoms. The molecule has 0 fully saturated rings. The summed E-state index contributed by atoms with van der Waals surface area (Å²) in [5.74, 6) is 0.457. The standard InChI is InChI=1S/C13H21N3O3/c1-15-13(18)8-16(2)7-10(17)9-19-12-6-4-3-5-11(12)14/h3-6,10,17H,7-9,14H2,1-2H3,(H,15,18). The van der Waals surface area contributed by atoms with Gasteiger partial charge in [0.25, 0.3) is 0 Å². The number of likely N-dealkylation sites (N-methyl/N-ethyl adjacent to an activating group) is 2. The lowest BCUT2D eigenvalue weighted by Crippen LogP contribution is -2.39. The van der Waals surface area contributed by atoms with E-state index in [2.05, 4.69) is 5.32 Å². The van der Waals surface area contributed by atoms with Crippen molar-refractivity contribution in [3.8, 4) is 5.75 Å². The highest BCUT2D eigenvalue weighted by Crippen LogP contribution is 2.19. The molecule has 0 bridgehead atoms. The molecule has 1 amide bonds. The molecule has 0 aliphatic carbocycles. The summed E-state index contributed by atoms with van der Waals surface area (Å²) in [6.45, 7) is 0.716. The van der Waals surface area contributed by atoms with E-state index in [1.54, 1.807) is 31.1 Å². The van der Waals surface area contributed by atoms with E-state index in [4.69, 9.17) is 10.5 Å². The summed E-state index contributed by atoms with van der Waals surface area (Å²) in [5, 5.41) is 12.3. The number of ether oxygens (including phenoxy) is 1. The number of nitrogen functional groups attached to an aromatic ring is 1. The van der Waals surface area contributed by atoms with Crippen LogP contribution >= 0.6 is 0 Å². The highest BCUT2D eigenvalue weighted by molar-refractivity contribution is 5.77. The fraction of sp³-hybridized carbons (Fsp3) is 0.462. The number of nitrogens with one attached hydrogen (secondary N) is 1. The Labute approximate surface area is 113 Å². The van der Waals surface area contributed by atoms with Crippen molar-refractivity contribution in [3.05, 3.63) is 24.3 Å². The van der Waals surface area contributed by atoms with Crippen molar-refractivity contribution < 1.29 is 14.6 Å². The van der Waals surface area contributed by atoms with Crippen LogP contribution < -0.4 is 15.8 Å². The Morgan fingerprint density at radius 2 is 2.21 bits per heavy atom. The van der Waals surface area contributed by atoms with E-state index in [1.807, 2.05) is 12.1 Å². The highest BCUT2D eigenvalue weighted by Gasteiger charge is 2.12. The van der Waals surface area contributed by atoms with Crippen LogP contribution in [0.3, 0.4) is 0 Å². The Hall–Kier alpha value is -1.79. The van der Waals surface area contributed by atoms with Gasteiger partial charge in [0.1, 0.15) is 18.5 Å². The van der Waals surface area contributed by atoms with Crippen LogP contribution in [-0.4, -0.2) is 55.8 Å². The van der Waals surface area contributed by atoms with Gasteiger partial charge in [0, 0.05) is 13.6 Å². The molecule has 0 aromatic heterocycles. The Balaban J connectivity index is 2.33. The van der Waals surface area contributed by atoms with Gasteiger partial charge in [-0.2, -0.15) is 0 Å². The van der Waals surface area contributed by atoms with Crippen molar-refractivity contribution in [2.24, 2.45) is 0 Å². The van der Waals surface area contributed by atoms with Crippen LogP contribution in [0.2, 0.25) is 0 Å². The molecule has 0 heterocycles. The molecule has 0 aliphatic rings. The molecular weight excluding hydrogens is 246 g/mol. The van der Waals surface area contributed by atoms with E-state index in [0.717, 1.165) is 0 Å². The van der Waals surface area contributed by atoms with E-state index in [1.165, 1.54) is 0 Å². The van der Waals surface area contributed by atoms with Crippen molar-refractivity contribution in [2.75, 3.05) is 39.5 Å². The number of aliphatic hydroxyl groups excluding tert-OH is 1. The quantitative estimate of drug-likeness (QED) is 0.590. The minimum Gasteiger partial charge on any atom is -0.489 e. The molecule has 0 saturated carbocycles. The van der Waals surface area contributed by atoms with E-state index in [9.17, 15) is 9.90 Å². The van der Waals surface area contributed by atoms with Gasteiger partial charge in [0.05, 0.1) is 12.2 Å². The van der Waals surface area contributed by atoms with Gasteiger partial charge in [-0.15, -0.1) is 0 Å². The predicted octanol–water partition coefficient (Wildman–Crippen LogP) is -0.314. The van der Waals surface area contributed by atoms with Crippen LogP contribution in [-0.2, 0) is 4.79 Å². The van der Waals surface area contributed by atoms with Crippen LogP contribution in [0.5, 0.6) is 5.75 Å². The third-order valence-corrected chi connectivity index (χ3v) is 2.57. The van der Waals surface area contributed by atoms with E-state index in [-0.39, 0.29) is 19.1 Å². The number of carbonyl (C=O) groups is 1. The monoisotopic (exact) mass is 267 g/mol. The van der Waals surface area contributed by atoms with Crippen LogP contribution in [0.15, 0.2) is 24.3 Å². The van der Waals surface area contributed by atoms with E-state index in [0.29, 0.717) is 18.0 Å². The number of nitrogens with two attached hydrogens (primary N) is 1. The third-order valence-electron chi connectivity index (χ3n) is 2.57. The lowest BCUT2D eigenvalue weighted by Gasteiger charge is -2.20. The summed E-state index contributed by atoms with van der Waals surface area (Å²) >= 11 is 0. The molecule has 4 N–H and O–H groups in total. The number of nitrogens with zero attached hydrogens (tertiary/aromatic N) is 1. The van der Waals surface area contributed by atoms with Crippen molar-refractivity contribution in [1.82, 2.24) is 10.2 Å². The summed E-state index contributed by atoms with van der Waals surface area (Å²) in [7, 11) is 3.34. The smallest absolute Gasteiger partial charge is 0.233 e. The molecule has 106 valence electrons. The number of para-hydroxylation sites is 2. The molecule has 1 unspecified atom stereocenters. The van der Waals surface area contributed by atoms with E-state index < -0.39 is 6.10 Å². The van der Waals surface area contributed by atoms with Gasteiger partial charge in [0.15, 0.2) is 0 Å². The molecule has 0 radical (unpaired) electrons. The van der Waals surface area contributed by atoms with Crippen LogP contribution in [0.4, 0.5) is 5.69 Å². The molecule has 19 heavy (non-hydrogen) atoms. The van der Waals surface area contributed by atoms with Crippen LogP contribution in [0.1, 0.15) is 0 Å². The number of amides is 1. The Bertz CT molecular complexity index is 412. The molecular formula is C13H21N3O3. The first-order valence-corrected chi connectivity index (χ1v) is 6.07. The average Bonchev–Trinajstić information content (AvgIpc) is 2.37. The second-order valence-corrected chi connectivity index (χ2v) is 4.37. The van der Waals surface area contributed by atoms with Crippen molar-refractivity contribution in [2.45, 2.75) is 6.10 Å². The zero-order valence-corrected chi connectivity index (χ0v) is 11.3. The Kier molecular flexibility index (Phi) is 6.11. The minimum atomic E-state index is -0.686. The molecule has 0 saturated heterocycles. The first-order chi connectivity index (χ1) is 9.02.